The van der Waals surface area contributed by atoms with E-state index in [1.54, 1.807) is 0 Å². The highest BCUT2D eigenvalue weighted by atomic mass is 16.4. The molecule has 0 amide bonds. The molecule has 2 N–H and O–H groups in total. The van der Waals surface area contributed by atoms with E-state index in [1.165, 1.54) is 0 Å². The third-order valence-corrected chi connectivity index (χ3v) is 4.92. The summed E-state index contributed by atoms with van der Waals surface area (Å²) in [6, 6.07) is 10.1. The number of hydrogen-bond acceptors (Lipinski definition) is 5. The van der Waals surface area contributed by atoms with Gasteiger partial charge in [-0.1, -0.05) is 30.3 Å². The van der Waals surface area contributed by atoms with Crippen LogP contribution in [0.1, 0.15) is 12.0 Å². The summed E-state index contributed by atoms with van der Waals surface area (Å²) in [4.78, 5) is 18.0. The molecule has 2 aromatic heterocycles. The van der Waals surface area contributed by atoms with Crippen LogP contribution in [0, 0.1) is 5.92 Å². The number of benzene rings is 1. The highest BCUT2D eigenvalue weighted by Gasteiger charge is 2.20. The SMILES string of the molecule is O=C(O)CC1CNCCN(Cc2cnc3c(-c4ccccc4)cnn3c2)C1. The average molecular weight is 365 g/mol. The van der Waals surface area contributed by atoms with Crippen molar-refractivity contribution in [3.63, 3.8) is 0 Å². The molecule has 0 aliphatic carbocycles. The number of carbonyl (C=O) groups is 1. The van der Waals surface area contributed by atoms with Crippen molar-refractivity contribution in [2.75, 3.05) is 26.2 Å². The summed E-state index contributed by atoms with van der Waals surface area (Å²) in [5, 5.41) is 16.9. The lowest BCUT2D eigenvalue weighted by atomic mass is 10.1. The predicted molar refractivity (Wildman–Crippen MR) is 102 cm³/mol. The van der Waals surface area contributed by atoms with E-state index in [0.717, 1.165) is 55.1 Å². The molecule has 0 radical (unpaired) electrons. The van der Waals surface area contributed by atoms with Crippen LogP contribution in [0.3, 0.4) is 0 Å². The topological polar surface area (TPSA) is 82.8 Å². The molecule has 0 bridgehead atoms. The van der Waals surface area contributed by atoms with Gasteiger partial charge in [-0.3, -0.25) is 9.69 Å². The molecule has 7 nitrogen and oxygen atoms in total. The summed E-state index contributed by atoms with van der Waals surface area (Å²) < 4.78 is 1.82. The lowest BCUT2D eigenvalue weighted by molar-refractivity contribution is -0.138. The van der Waals surface area contributed by atoms with Crippen LogP contribution in [0.5, 0.6) is 0 Å². The Hall–Kier alpha value is -2.77. The molecule has 1 fully saturated rings. The van der Waals surface area contributed by atoms with Gasteiger partial charge in [-0.2, -0.15) is 5.10 Å². The molecule has 1 saturated heterocycles. The molecule has 7 heteroatoms. The van der Waals surface area contributed by atoms with E-state index >= 15 is 0 Å². The van der Waals surface area contributed by atoms with Gasteiger partial charge in [-0.05, 0) is 18.0 Å². The first-order valence-corrected chi connectivity index (χ1v) is 9.21. The number of nitrogens with zero attached hydrogens (tertiary/aromatic N) is 4. The monoisotopic (exact) mass is 365 g/mol. The average Bonchev–Trinajstić information content (AvgIpc) is 2.96. The van der Waals surface area contributed by atoms with Gasteiger partial charge in [-0.15, -0.1) is 0 Å². The van der Waals surface area contributed by atoms with Crippen molar-refractivity contribution in [3.8, 4) is 11.1 Å². The lowest BCUT2D eigenvalue weighted by Gasteiger charge is -2.22. The van der Waals surface area contributed by atoms with Crippen molar-refractivity contribution in [3.05, 3.63) is 54.5 Å². The molecular formula is C20H23N5O2. The minimum Gasteiger partial charge on any atom is -0.481 e. The summed E-state index contributed by atoms with van der Waals surface area (Å²) in [6.07, 6.45) is 5.95. The molecule has 1 aromatic carbocycles. The van der Waals surface area contributed by atoms with Crippen LogP contribution in [0.2, 0.25) is 0 Å². The standard InChI is InChI=1S/C20H23N5O2/c26-19(27)8-15-9-21-6-7-24(12-15)13-16-10-22-20-18(11-23-25(20)14-16)17-4-2-1-3-5-17/h1-5,10-11,14-15,21H,6-9,12-13H2,(H,26,27). The van der Waals surface area contributed by atoms with E-state index in [-0.39, 0.29) is 12.3 Å². The molecule has 4 rings (SSSR count). The number of carboxylic acid groups (broad SMARTS) is 1. The fourth-order valence-electron chi connectivity index (χ4n) is 3.67. The van der Waals surface area contributed by atoms with Gasteiger partial charge in [0, 0.05) is 49.7 Å². The number of hydrogen-bond donors (Lipinski definition) is 2. The Morgan fingerprint density at radius 3 is 2.93 bits per heavy atom. The largest absolute Gasteiger partial charge is 0.481 e. The van der Waals surface area contributed by atoms with Gasteiger partial charge >= 0.3 is 5.97 Å². The molecule has 0 saturated carbocycles. The maximum Gasteiger partial charge on any atom is 0.303 e. The molecule has 1 aliphatic heterocycles. The van der Waals surface area contributed by atoms with Gasteiger partial charge in [0.15, 0.2) is 5.65 Å². The normalized spacial score (nSPS) is 18.4. The highest BCUT2D eigenvalue weighted by Crippen LogP contribution is 2.23. The van der Waals surface area contributed by atoms with E-state index in [4.69, 9.17) is 5.11 Å². The molecule has 1 unspecified atom stereocenters. The van der Waals surface area contributed by atoms with E-state index in [1.807, 2.05) is 41.3 Å². The van der Waals surface area contributed by atoms with Crippen molar-refractivity contribution >= 4 is 11.6 Å². The van der Waals surface area contributed by atoms with Gasteiger partial charge in [0.2, 0.25) is 0 Å². The van der Waals surface area contributed by atoms with Crippen molar-refractivity contribution in [2.45, 2.75) is 13.0 Å². The van der Waals surface area contributed by atoms with Crippen LogP contribution in [0.15, 0.2) is 48.9 Å². The number of aromatic nitrogens is 3. The molecule has 3 heterocycles. The number of nitrogens with one attached hydrogen (secondary N) is 1. The second kappa shape index (κ2) is 7.85. The Kier molecular flexibility index (Phi) is 5.13. The van der Waals surface area contributed by atoms with E-state index in [2.05, 4.69) is 32.4 Å². The third-order valence-electron chi connectivity index (χ3n) is 4.92. The van der Waals surface area contributed by atoms with Gasteiger partial charge in [0.25, 0.3) is 0 Å². The van der Waals surface area contributed by atoms with Crippen molar-refractivity contribution in [1.82, 2.24) is 24.8 Å². The van der Waals surface area contributed by atoms with Crippen LogP contribution in [-0.2, 0) is 11.3 Å². The van der Waals surface area contributed by atoms with Crippen LogP contribution in [0.4, 0.5) is 0 Å². The third kappa shape index (κ3) is 4.15. The molecule has 27 heavy (non-hydrogen) atoms. The zero-order valence-corrected chi connectivity index (χ0v) is 15.1. The smallest absolute Gasteiger partial charge is 0.303 e. The maximum absolute atomic E-state index is 11.0. The first kappa shape index (κ1) is 17.6. The fourth-order valence-corrected chi connectivity index (χ4v) is 3.67. The highest BCUT2D eigenvalue weighted by molar-refractivity contribution is 5.76. The Morgan fingerprint density at radius 2 is 2.11 bits per heavy atom. The Balaban J connectivity index is 1.52. The zero-order valence-electron chi connectivity index (χ0n) is 15.1. The summed E-state index contributed by atoms with van der Waals surface area (Å²) >= 11 is 0. The Morgan fingerprint density at radius 1 is 1.26 bits per heavy atom. The molecular weight excluding hydrogens is 342 g/mol. The van der Waals surface area contributed by atoms with Gasteiger partial charge in [-0.25, -0.2) is 9.50 Å². The Bertz CT molecular complexity index is 925. The quantitative estimate of drug-likeness (QED) is 0.719. The maximum atomic E-state index is 11.0. The molecule has 3 aromatic rings. The number of rotatable bonds is 5. The van der Waals surface area contributed by atoms with Gasteiger partial charge < -0.3 is 10.4 Å². The summed E-state index contributed by atoms with van der Waals surface area (Å²) in [6.45, 7) is 4.01. The van der Waals surface area contributed by atoms with Crippen LogP contribution >= 0.6 is 0 Å². The first-order valence-electron chi connectivity index (χ1n) is 9.21. The zero-order chi connectivity index (χ0) is 18.6. The van der Waals surface area contributed by atoms with Crippen LogP contribution in [-0.4, -0.2) is 56.8 Å². The minimum atomic E-state index is -0.739. The number of fused-ring (bicyclic) bond motifs is 1. The molecule has 0 spiro atoms. The van der Waals surface area contributed by atoms with Crippen LogP contribution < -0.4 is 5.32 Å². The molecule has 140 valence electrons. The summed E-state index contributed by atoms with van der Waals surface area (Å²) in [5.74, 6) is -0.618. The number of carboxylic acids is 1. The van der Waals surface area contributed by atoms with Crippen LogP contribution in [0.25, 0.3) is 16.8 Å². The predicted octanol–water partition coefficient (Wildman–Crippen LogP) is 1.89. The lowest BCUT2D eigenvalue weighted by Crippen LogP contribution is -2.30. The molecule has 1 aliphatic rings. The second-order valence-electron chi connectivity index (χ2n) is 7.06. The van der Waals surface area contributed by atoms with E-state index < -0.39 is 5.97 Å². The van der Waals surface area contributed by atoms with E-state index in [0.29, 0.717) is 0 Å². The molecule has 1 atom stereocenters. The van der Waals surface area contributed by atoms with E-state index in [9.17, 15) is 4.79 Å². The van der Waals surface area contributed by atoms with Crippen molar-refractivity contribution in [1.29, 1.82) is 0 Å². The Labute approximate surface area is 157 Å². The minimum absolute atomic E-state index is 0.121. The summed E-state index contributed by atoms with van der Waals surface area (Å²) in [5.41, 5.74) is 4.03. The fraction of sp³-hybridized carbons (Fsp3) is 0.350. The second-order valence-corrected chi connectivity index (χ2v) is 7.06. The van der Waals surface area contributed by atoms with Crippen molar-refractivity contribution in [2.24, 2.45) is 5.92 Å². The first-order chi connectivity index (χ1) is 13.2. The summed E-state index contributed by atoms with van der Waals surface area (Å²) in [7, 11) is 0. The van der Waals surface area contributed by atoms with Gasteiger partial charge in [0.1, 0.15) is 0 Å². The van der Waals surface area contributed by atoms with Gasteiger partial charge in [0.05, 0.1) is 12.6 Å². The van der Waals surface area contributed by atoms with Crippen molar-refractivity contribution < 1.29 is 9.90 Å². The number of aliphatic carboxylic acids is 1.